The highest BCUT2D eigenvalue weighted by molar-refractivity contribution is 6.31. The minimum Gasteiger partial charge on any atom is -0.496 e. The Morgan fingerprint density at radius 1 is 0.796 bits per heavy atom. The van der Waals surface area contributed by atoms with Crippen LogP contribution in [-0.4, -0.2) is 64.6 Å². The topological polar surface area (TPSA) is 55.4 Å². The number of aryl methyl sites for hydroxylation is 1. The lowest BCUT2D eigenvalue weighted by molar-refractivity contribution is -0.308. The Morgan fingerprint density at radius 3 is 1.94 bits per heavy atom. The zero-order chi connectivity index (χ0) is 35.6. The predicted octanol–water partition coefficient (Wildman–Crippen LogP) is 10.4. The van der Waals surface area contributed by atoms with E-state index in [2.05, 4.69) is 78.5 Å². The molecule has 7 heteroatoms. The van der Waals surface area contributed by atoms with Gasteiger partial charge in [-0.25, -0.2) is 0 Å². The van der Waals surface area contributed by atoms with Crippen LogP contribution in [0.15, 0.2) is 48.6 Å². The van der Waals surface area contributed by atoms with Gasteiger partial charge in [-0.15, -0.1) is 6.58 Å². The summed E-state index contributed by atoms with van der Waals surface area (Å²) in [5, 5.41) is 0.654. The van der Waals surface area contributed by atoms with Crippen LogP contribution in [0.4, 0.5) is 0 Å². The largest absolute Gasteiger partial charge is 0.496 e. The second-order valence-corrected chi connectivity index (χ2v) is 14.0. The Morgan fingerprint density at radius 2 is 1.37 bits per heavy atom. The van der Waals surface area contributed by atoms with Crippen molar-refractivity contribution in [2.45, 2.75) is 142 Å². The number of hydrogen-bond donors (Lipinski definition) is 0. The van der Waals surface area contributed by atoms with E-state index in [0.717, 1.165) is 74.5 Å². The third-order valence-corrected chi connectivity index (χ3v) is 9.71. The molecule has 0 N–H and O–H groups in total. The van der Waals surface area contributed by atoms with Crippen molar-refractivity contribution in [1.82, 2.24) is 0 Å². The lowest BCUT2D eigenvalue weighted by atomic mass is 9.75. The molecule has 0 spiro atoms. The molecule has 1 aliphatic heterocycles. The van der Waals surface area contributed by atoms with Crippen LogP contribution in [-0.2, 0) is 42.1 Å². The van der Waals surface area contributed by atoms with Crippen LogP contribution in [0.25, 0.3) is 0 Å². The highest BCUT2D eigenvalue weighted by Crippen LogP contribution is 2.50. The van der Waals surface area contributed by atoms with Gasteiger partial charge in [0.25, 0.3) is 0 Å². The van der Waals surface area contributed by atoms with Crippen molar-refractivity contribution in [3.8, 4) is 5.75 Å². The minimum absolute atomic E-state index is 0.371. The fraction of sp³-hybridized carbons (Fsp3) is 0.667. The van der Waals surface area contributed by atoms with E-state index in [-0.39, 0.29) is 6.10 Å². The van der Waals surface area contributed by atoms with Crippen molar-refractivity contribution >= 4 is 11.6 Å². The lowest BCUT2D eigenvalue weighted by Crippen LogP contribution is -2.66. The average Bonchev–Trinajstić information content (AvgIpc) is 3.09. The Balaban J connectivity index is 2.26. The molecule has 0 radical (unpaired) electrons. The predicted molar refractivity (Wildman–Crippen MR) is 202 cm³/mol. The van der Waals surface area contributed by atoms with Gasteiger partial charge in [0.05, 0.1) is 13.7 Å². The zero-order valence-corrected chi connectivity index (χ0v) is 32.4. The molecular formula is C42H65ClO6. The van der Waals surface area contributed by atoms with Crippen LogP contribution in [0.5, 0.6) is 5.75 Å². The van der Waals surface area contributed by atoms with Gasteiger partial charge in [0.1, 0.15) is 35.8 Å². The summed E-state index contributed by atoms with van der Waals surface area (Å²) in [5.41, 5.74) is 4.36. The van der Waals surface area contributed by atoms with Crippen molar-refractivity contribution < 1.29 is 28.4 Å². The highest BCUT2D eigenvalue weighted by atomic mass is 35.5. The van der Waals surface area contributed by atoms with Crippen LogP contribution < -0.4 is 4.74 Å². The fourth-order valence-electron chi connectivity index (χ4n) is 6.57. The molecule has 1 saturated heterocycles. The van der Waals surface area contributed by atoms with Crippen molar-refractivity contribution in [1.29, 1.82) is 0 Å². The van der Waals surface area contributed by atoms with Gasteiger partial charge in [-0.3, -0.25) is 0 Å². The van der Waals surface area contributed by atoms with Crippen molar-refractivity contribution in [3.63, 3.8) is 0 Å². The summed E-state index contributed by atoms with van der Waals surface area (Å²) in [4.78, 5) is 0. The molecule has 0 unspecified atom stereocenters. The van der Waals surface area contributed by atoms with E-state index in [4.69, 9.17) is 40.0 Å². The molecule has 6 nitrogen and oxygen atoms in total. The number of rotatable bonds is 24. The minimum atomic E-state index is -1.00. The van der Waals surface area contributed by atoms with Crippen LogP contribution in [0.1, 0.15) is 122 Å². The SMILES string of the molecule is C=C(C)C[C@@]1(c2cc(Cc3ccc(CC)cc3)c(Cl)cc2OC)O[C@H](COCCCC)[C@@H](OCCCC)[C@H](OCCCC)[C@H]1OCCCC. The smallest absolute Gasteiger partial charge is 0.130 e. The first kappa shape index (κ1) is 41.5. The fourth-order valence-corrected chi connectivity index (χ4v) is 6.79. The summed E-state index contributed by atoms with van der Waals surface area (Å²) >= 11 is 7.02. The first-order chi connectivity index (χ1) is 23.8. The third kappa shape index (κ3) is 11.8. The molecule has 3 rings (SSSR count). The van der Waals surface area contributed by atoms with E-state index in [9.17, 15) is 0 Å². The number of unbranched alkanes of at least 4 members (excludes halogenated alkanes) is 4. The Bertz CT molecular complexity index is 1230. The van der Waals surface area contributed by atoms with Gasteiger partial charge in [-0.1, -0.05) is 102 Å². The Hall–Kier alpha value is -1.93. The molecule has 0 amide bonds. The molecular weight excluding hydrogens is 636 g/mol. The summed E-state index contributed by atoms with van der Waals surface area (Å²) in [7, 11) is 1.69. The number of ether oxygens (including phenoxy) is 6. The molecule has 1 heterocycles. The number of hydrogen-bond acceptors (Lipinski definition) is 6. The molecule has 5 atom stereocenters. The summed E-state index contributed by atoms with van der Waals surface area (Å²) < 4.78 is 40.5. The van der Waals surface area contributed by atoms with Crippen molar-refractivity contribution in [2.24, 2.45) is 0 Å². The van der Waals surface area contributed by atoms with Gasteiger partial charge in [-0.2, -0.15) is 0 Å². The first-order valence-corrected chi connectivity index (χ1v) is 19.3. The number of benzene rings is 2. The van der Waals surface area contributed by atoms with Crippen LogP contribution in [0.2, 0.25) is 5.02 Å². The van der Waals surface area contributed by atoms with E-state index >= 15 is 0 Å². The maximum atomic E-state index is 7.45. The lowest BCUT2D eigenvalue weighted by Gasteiger charge is -2.53. The summed E-state index contributed by atoms with van der Waals surface area (Å²) in [5.74, 6) is 0.656. The van der Waals surface area contributed by atoms with Gasteiger partial charge >= 0.3 is 0 Å². The van der Waals surface area contributed by atoms with Crippen LogP contribution >= 0.6 is 11.6 Å². The zero-order valence-electron chi connectivity index (χ0n) is 31.6. The summed E-state index contributed by atoms with van der Waals surface area (Å²) in [6.45, 7) is 20.2. The van der Waals surface area contributed by atoms with Gasteiger partial charge in [-0.05, 0) is 74.3 Å². The third-order valence-electron chi connectivity index (χ3n) is 9.36. The van der Waals surface area contributed by atoms with Gasteiger partial charge < -0.3 is 28.4 Å². The molecule has 1 fully saturated rings. The van der Waals surface area contributed by atoms with Gasteiger partial charge in [0, 0.05) is 43.4 Å². The standard InChI is InChI=1S/C42H65ClO6/c1-9-14-22-45-30-38-39(46-23-15-10-2)40(47-24-16-11-3)41(48-25-17-12-4)42(49-38,29-31(6)7)35-27-34(36(43)28-37(35)44-8)26-33-20-18-32(13-5)19-21-33/h18-21,27-28,38-41H,6,9-17,22-26,29-30H2,1-5,7-8H3/t38-,39-,40+,41-,42+/m1/s1. The van der Waals surface area contributed by atoms with E-state index < -0.39 is 23.9 Å². The molecule has 0 aliphatic carbocycles. The highest BCUT2D eigenvalue weighted by Gasteiger charge is 2.58. The van der Waals surface area contributed by atoms with Crippen LogP contribution in [0.3, 0.4) is 0 Å². The van der Waals surface area contributed by atoms with Crippen molar-refractivity contribution in [2.75, 3.05) is 40.1 Å². The van der Waals surface area contributed by atoms with E-state index in [0.29, 0.717) is 56.6 Å². The average molecular weight is 701 g/mol. The Kier molecular flexibility index (Phi) is 18.7. The maximum absolute atomic E-state index is 7.45. The van der Waals surface area contributed by atoms with E-state index in [1.807, 2.05) is 6.07 Å². The molecule has 2 aromatic rings. The molecule has 0 bridgehead atoms. The van der Waals surface area contributed by atoms with E-state index in [1.54, 1.807) is 7.11 Å². The second-order valence-electron chi connectivity index (χ2n) is 13.6. The van der Waals surface area contributed by atoms with Gasteiger partial charge in [0.15, 0.2) is 0 Å². The number of methoxy groups -OCH3 is 1. The molecule has 2 aromatic carbocycles. The molecule has 1 aliphatic rings. The monoisotopic (exact) mass is 700 g/mol. The van der Waals surface area contributed by atoms with Crippen LogP contribution in [0, 0.1) is 0 Å². The van der Waals surface area contributed by atoms with E-state index in [1.165, 1.54) is 11.1 Å². The normalized spacial score (nSPS) is 22.4. The first-order valence-electron chi connectivity index (χ1n) is 19.0. The molecule has 0 saturated carbocycles. The Labute approximate surface area is 303 Å². The molecule has 0 aromatic heterocycles. The van der Waals surface area contributed by atoms with Gasteiger partial charge in [0.2, 0.25) is 0 Å². The second kappa shape index (κ2) is 22.1. The molecule has 276 valence electrons. The maximum Gasteiger partial charge on any atom is 0.130 e. The summed E-state index contributed by atoms with van der Waals surface area (Å²) in [6.07, 6.45) is 8.43. The van der Waals surface area contributed by atoms with Crippen molar-refractivity contribution in [3.05, 3.63) is 75.8 Å². The quantitative estimate of drug-likeness (QED) is 0.0803. The molecule has 49 heavy (non-hydrogen) atoms. The number of halogens is 1. The summed E-state index contributed by atoms with van der Waals surface area (Å²) in [6, 6.07) is 12.9.